The van der Waals surface area contributed by atoms with E-state index in [0.29, 0.717) is 35.6 Å². The quantitative estimate of drug-likeness (QED) is 0.521. The standard InChI is InChI=1S/C22H19ClN2O4/c1-13-5-7-14(8-6-13)16-12-21(27)24(18-3-2-4-20(26)22(16)18)19-11-15(23)9-10-17(19)25(28)29/h5-11,16H,2-4,12H2,1H3. The minimum Gasteiger partial charge on any atom is -0.294 e. The van der Waals surface area contributed by atoms with Crippen molar-refractivity contribution in [3.05, 3.63) is 80.0 Å². The number of halogens is 1. The van der Waals surface area contributed by atoms with Crippen LogP contribution in [-0.2, 0) is 9.59 Å². The zero-order valence-corrected chi connectivity index (χ0v) is 16.6. The largest absolute Gasteiger partial charge is 0.294 e. The Hall–Kier alpha value is -2.99. The van der Waals surface area contributed by atoms with Crippen molar-refractivity contribution >= 4 is 34.7 Å². The van der Waals surface area contributed by atoms with Gasteiger partial charge in [0.05, 0.1) is 4.92 Å². The molecule has 1 unspecified atom stereocenters. The monoisotopic (exact) mass is 410 g/mol. The van der Waals surface area contributed by atoms with Crippen molar-refractivity contribution < 1.29 is 14.5 Å². The Balaban J connectivity index is 1.91. The van der Waals surface area contributed by atoms with Gasteiger partial charge >= 0.3 is 0 Å². The molecule has 0 N–H and O–H groups in total. The van der Waals surface area contributed by atoms with Crippen molar-refractivity contribution in [2.75, 3.05) is 4.90 Å². The Labute approximate surface area is 172 Å². The number of rotatable bonds is 3. The van der Waals surface area contributed by atoms with Crippen LogP contribution in [0.3, 0.4) is 0 Å². The molecule has 0 fully saturated rings. The highest BCUT2D eigenvalue weighted by Gasteiger charge is 2.41. The highest BCUT2D eigenvalue weighted by molar-refractivity contribution is 6.31. The molecule has 2 aromatic carbocycles. The summed E-state index contributed by atoms with van der Waals surface area (Å²) in [5, 5.41) is 11.9. The minimum atomic E-state index is -0.532. The Kier molecular flexibility index (Phi) is 4.96. The Morgan fingerprint density at radius 2 is 1.83 bits per heavy atom. The van der Waals surface area contributed by atoms with Crippen LogP contribution in [0.2, 0.25) is 5.02 Å². The van der Waals surface area contributed by atoms with Crippen LogP contribution in [0.1, 0.15) is 42.7 Å². The lowest BCUT2D eigenvalue weighted by molar-refractivity contribution is -0.384. The number of carbonyl (C=O) groups excluding carboxylic acids is 2. The summed E-state index contributed by atoms with van der Waals surface area (Å²) in [6, 6.07) is 11.9. The maximum absolute atomic E-state index is 13.2. The first kappa shape index (κ1) is 19.3. The Bertz CT molecular complexity index is 1060. The van der Waals surface area contributed by atoms with Crippen molar-refractivity contribution in [1.29, 1.82) is 0 Å². The fraction of sp³-hybridized carbons (Fsp3) is 0.273. The summed E-state index contributed by atoms with van der Waals surface area (Å²) in [5.41, 5.74) is 3.07. The molecule has 6 nitrogen and oxygen atoms in total. The lowest BCUT2D eigenvalue weighted by Crippen LogP contribution is -2.40. The number of amides is 1. The number of nitrogens with zero attached hydrogens (tertiary/aromatic N) is 2. The molecular weight excluding hydrogens is 392 g/mol. The lowest BCUT2D eigenvalue weighted by atomic mass is 9.77. The molecule has 2 aliphatic rings. The number of carbonyl (C=O) groups is 2. The van der Waals surface area contributed by atoms with Gasteiger partial charge in [0.25, 0.3) is 5.69 Å². The molecule has 0 saturated heterocycles. The smallest absolute Gasteiger partial charge is 0.293 e. The SMILES string of the molecule is Cc1ccc(C2CC(=O)N(c3cc(Cl)ccc3[N+](=O)[O-])C3=C2C(=O)CCC3)cc1. The van der Waals surface area contributed by atoms with Crippen molar-refractivity contribution in [1.82, 2.24) is 0 Å². The van der Waals surface area contributed by atoms with E-state index in [9.17, 15) is 19.7 Å². The minimum absolute atomic E-state index is 0.000920. The highest BCUT2D eigenvalue weighted by Crippen LogP contribution is 2.45. The van der Waals surface area contributed by atoms with E-state index in [1.165, 1.54) is 23.1 Å². The molecule has 148 valence electrons. The second-order valence-electron chi connectivity index (χ2n) is 7.42. The summed E-state index contributed by atoms with van der Waals surface area (Å²) in [6.07, 6.45) is 1.62. The molecule has 0 saturated carbocycles. The predicted molar refractivity (Wildman–Crippen MR) is 110 cm³/mol. The van der Waals surface area contributed by atoms with Crippen LogP contribution < -0.4 is 4.90 Å². The molecular formula is C22H19ClN2O4. The van der Waals surface area contributed by atoms with Crippen molar-refractivity contribution in [3.8, 4) is 0 Å². The van der Waals surface area contributed by atoms with Crippen LogP contribution in [0, 0.1) is 17.0 Å². The summed E-state index contributed by atoms with van der Waals surface area (Å²) >= 11 is 6.09. The molecule has 4 rings (SSSR count). The predicted octanol–water partition coefficient (Wildman–Crippen LogP) is 5.08. The second kappa shape index (κ2) is 7.44. The Morgan fingerprint density at radius 1 is 1.10 bits per heavy atom. The van der Waals surface area contributed by atoms with Crippen LogP contribution in [0.5, 0.6) is 0 Å². The van der Waals surface area contributed by atoms with Gasteiger partial charge in [-0.3, -0.25) is 24.6 Å². The van der Waals surface area contributed by atoms with Crippen molar-refractivity contribution in [3.63, 3.8) is 0 Å². The van der Waals surface area contributed by atoms with E-state index in [2.05, 4.69) is 0 Å². The first-order valence-corrected chi connectivity index (χ1v) is 9.84. The normalized spacial score (nSPS) is 19.4. The molecule has 0 bridgehead atoms. The summed E-state index contributed by atoms with van der Waals surface area (Å²) < 4.78 is 0. The van der Waals surface area contributed by atoms with Gasteiger partial charge in [-0.25, -0.2) is 0 Å². The average molecular weight is 411 g/mol. The van der Waals surface area contributed by atoms with E-state index in [1.807, 2.05) is 31.2 Å². The summed E-state index contributed by atoms with van der Waals surface area (Å²) in [5.74, 6) is -0.603. The van der Waals surface area contributed by atoms with E-state index < -0.39 is 4.92 Å². The molecule has 1 aliphatic heterocycles. The number of ketones is 1. The molecule has 0 spiro atoms. The maximum Gasteiger partial charge on any atom is 0.293 e. The first-order valence-electron chi connectivity index (χ1n) is 9.46. The first-order chi connectivity index (χ1) is 13.9. The third kappa shape index (κ3) is 3.44. The van der Waals surface area contributed by atoms with E-state index >= 15 is 0 Å². The van der Waals surface area contributed by atoms with Gasteiger partial charge in [0.1, 0.15) is 5.69 Å². The molecule has 29 heavy (non-hydrogen) atoms. The molecule has 1 aliphatic carbocycles. The molecule has 7 heteroatoms. The van der Waals surface area contributed by atoms with Gasteiger partial charge in [0.2, 0.25) is 5.91 Å². The summed E-state index contributed by atoms with van der Waals surface area (Å²) in [6.45, 7) is 1.98. The number of aryl methyl sites for hydroxylation is 1. The van der Waals surface area contributed by atoms with Gasteiger partial charge in [0.15, 0.2) is 5.78 Å². The number of hydrogen-bond donors (Lipinski definition) is 0. The summed E-state index contributed by atoms with van der Waals surface area (Å²) in [7, 11) is 0. The fourth-order valence-electron chi connectivity index (χ4n) is 4.19. The van der Waals surface area contributed by atoms with Gasteiger partial charge in [-0.2, -0.15) is 0 Å². The van der Waals surface area contributed by atoms with Gasteiger partial charge in [0, 0.05) is 41.1 Å². The maximum atomic E-state index is 13.2. The average Bonchev–Trinajstić information content (AvgIpc) is 2.68. The van der Waals surface area contributed by atoms with E-state index in [0.717, 1.165) is 11.1 Å². The number of nitro groups is 1. The van der Waals surface area contributed by atoms with E-state index in [1.54, 1.807) is 0 Å². The van der Waals surface area contributed by atoms with Crippen LogP contribution in [0.15, 0.2) is 53.7 Å². The van der Waals surface area contributed by atoms with Crippen LogP contribution >= 0.6 is 11.6 Å². The number of Topliss-reactive ketones (excluding diaryl/α,β-unsaturated/α-hetero) is 1. The highest BCUT2D eigenvalue weighted by atomic mass is 35.5. The fourth-order valence-corrected chi connectivity index (χ4v) is 4.35. The topological polar surface area (TPSA) is 80.5 Å². The number of allylic oxidation sites excluding steroid dienone is 2. The zero-order valence-electron chi connectivity index (χ0n) is 15.9. The molecule has 0 aromatic heterocycles. The van der Waals surface area contributed by atoms with E-state index in [-0.39, 0.29) is 35.4 Å². The number of anilines is 1. The molecule has 0 radical (unpaired) electrons. The van der Waals surface area contributed by atoms with Gasteiger partial charge in [-0.15, -0.1) is 0 Å². The van der Waals surface area contributed by atoms with Crippen LogP contribution in [0.25, 0.3) is 0 Å². The number of benzene rings is 2. The molecule has 1 heterocycles. The zero-order chi connectivity index (χ0) is 20.7. The van der Waals surface area contributed by atoms with Crippen molar-refractivity contribution in [2.24, 2.45) is 0 Å². The van der Waals surface area contributed by atoms with Gasteiger partial charge < -0.3 is 0 Å². The summed E-state index contributed by atoms with van der Waals surface area (Å²) in [4.78, 5) is 38.5. The second-order valence-corrected chi connectivity index (χ2v) is 7.86. The molecule has 1 amide bonds. The third-order valence-electron chi connectivity index (χ3n) is 5.53. The third-order valence-corrected chi connectivity index (χ3v) is 5.77. The molecule has 2 aromatic rings. The van der Waals surface area contributed by atoms with Gasteiger partial charge in [-0.1, -0.05) is 41.4 Å². The number of hydrogen-bond acceptors (Lipinski definition) is 4. The number of nitro benzene ring substituents is 1. The Morgan fingerprint density at radius 3 is 2.52 bits per heavy atom. The van der Waals surface area contributed by atoms with Gasteiger partial charge in [-0.05, 0) is 37.5 Å². The van der Waals surface area contributed by atoms with E-state index in [4.69, 9.17) is 11.6 Å². The van der Waals surface area contributed by atoms with Crippen molar-refractivity contribution in [2.45, 2.75) is 38.5 Å². The van der Waals surface area contributed by atoms with Crippen LogP contribution in [0.4, 0.5) is 11.4 Å². The van der Waals surface area contributed by atoms with Crippen LogP contribution in [-0.4, -0.2) is 16.6 Å². The molecule has 1 atom stereocenters. The lowest BCUT2D eigenvalue weighted by Gasteiger charge is -2.38.